The maximum absolute atomic E-state index is 13.7. The number of anilines is 2. The highest BCUT2D eigenvalue weighted by Crippen LogP contribution is 2.11. The zero-order valence-electron chi connectivity index (χ0n) is 14.2. The zero-order valence-corrected chi connectivity index (χ0v) is 15.0. The summed E-state index contributed by atoms with van der Waals surface area (Å²) in [6, 6.07) is 8.40. The normalized spacial score (nSPS) is 10.7. The van der Waals surface area contributed by atoms with Crippen LogP contribution >= 0.6 is 12.2 Å². The van der Waals surface area contributed by atoms with E-state index in [1.165, 1.54) is 6.07 Å². The molecule has 0 unspecified atom stereocenters. The Hall–Kier alpha value is -2.78. The summed E-state index contributed by atoms with van der Waals surface area (Å²) in [6.45, 7) is 3.28. The van der Waals surface area contributed by atoms with Crippen LogP contribution in [0, 0.1) is 5.82 Å². The largest absolute Gasteiger partial charge is 0.360 e. The van der Waals surface area contributed by atoms with Crippen LogP contribution in [0.1, 0.15) is 12.5 Å². The standard InChI is InChI=1S/C17H19FN6OS/c1-2-25-12-24-11-14(9-19-24)20-17(26)21-16-7-8-23(22-16)10-13-5-3-4-6-15(13)18/h3-9,11H,2,10,12H2,1H3,(H2,20,21,22,26). The molecule has 0 aliphatic rings. The number of halogens is 1. The summed E-state index contributed by atoms with van der Waals surface area (Å²) in [5.41, 5.74) is 1.32. The summed E-state index contributed by atoms with van der Waals surface area (Å²) in [5.74, 6) is 0.319. The van der Waals surface area contributed by atoms with Gasteiger partial charge in [-0.1, -0.05) is 18.2 Å². The first kappa shape index (κ1) is 18.0. The van der Waals surface area contributed by atoms with Crippen LogP contribution in [0.2, 0.25) is 0 Å². The van der Waals surface area contributed by atoms with Gasteiger partial charge >= 0.3 is 0 Å². The van der Waals surface area contributed by atoms with Gasteiger partial charge in [-0.2, -0.15) is 10.2 Å². The van der Waals surface area contributed by atoms with Gasteiger partial charge in [-0.3, -0.25) is 4.68 Å². The molecule has 0 radical (unpaired) electrons. The smallest absolute Gasteiger partial charge is 0.176 e. The predicted molar refractivity (Wildman–Crippen MR) is 101 cm³/mol. The third-order valence-corrected chi connectivity index (χ3v) is 3.70. The number of nitrogens with zero attached hydrogens (tertiary/aromatic N) is 4. The lowest BCUT2D eigenvalue weighted by atomic mass is 10.2. The van der Waals surface area contributed by atoms with Crippen LogP contribution in [0.15, 0.2) is 48.9 Å². The van der Waals surface area contributed by atoms with Gasteiger partial charge in [0.2, 0.25) is 0 Å². The maximum Gasteiger partial charge on any atom is 0.176 e. The Balaban J connectivity index is 1.54. The first-order valence-electron chi connectivity index (χ1n) is 8.09. The Kier molecular flexibility index (Phi) is 5.92. The number of hydrogen-bond acceptors (Lipinski definition) is 4. The highest BCUT2D eigenvalue weighted by Gasteiger charge is 2.06. The van der Waals surface area contributed by atoms with E-state index < -0.39 is 0 Å². The van der Waals surface area contributed by atoms with Crippen LogP contribution in [-0.4, -0.2) is 31.3 Å². The number of nitrogens with one attached hydrogen (secondary N) is 2. The highest BCUT2D eigenvalue weighted by molar-refractivity contribution is 7.80. The Labute approximate surface area is 155 Å². The van der Waals surface area contributed by atoms with Gasteiger partial charge in [-0.15, -0.1) is 0 Å². The minimum atomic E-state index is -0.251. The quantitative estimate of drug-likeness (QED) is 0.620. The Morgan fingerprint density at radius 3 is 2.88 bits per heavy atom. The van der Waals surface area contributed by atoms with Crippen molar-refractivity contribution in [1.82, 2.24) is 19.6 Å². The van der Waals surface area contributed by atoms with Crippen molar-refractivity contribution >= 4 is 28.8 Å². The summed E-state index contributed by atoms with van der Waals surface area (Å²) in [7, 11) is 0. The summed E-state index contributed by atoms with van der Waals surface area (Å²) in [4.78, 5) is 0. The molecular weight excluding hydrogens is 355 g/mol. The van der Waals surface area contributed by atoms with Gasteiger partial charge < -0.3 is 15.4 Å². The Morgan fingerprint density at radius 1 is 1.23 bits per heavy atom. The molecular formula is C17H19FN6OS. The number of benzene rings is 1. The van der Waals surface area contributed by atoms with Gasteiger partial charge in [0, 0.05) is 24.4 Å². The lowest BCUT2D eigenvalue weighted by Crippen LogP contribution is -2.19. The fraction of sp³-hybridized carbons (Fsp3) is 0.235. The lowest BCUT2D eigenvalue weighted by molar-refractivity contribution is 0.0792. The highest BCUT2D eigenvalue weighted by atomic mass is 32.1. The van der Waals surface area contributed by atoms with Crippen LogP contribution in [0.25, 0.3) is 0 Å². The van der Waals surface area contributed by atoms with Crippen molar-refractivity contribution in [3.05, 3.63) is 60.3 Å². The molecule has 0 atom stereocenters. The molecule has 2 heterocycles. The number of aromatic nitrogens is 4. The van der Waals surface area contributed by atoms with Gasteiger partial charge in [0.25, 0.3) is 0 Å². The zero-order chi connectivity index (χ0) is 18.4. The van der Waals surface area contributed by atoms with Crippen molar-refractivity contribution < 1.29 is 9.13 Å². The molecule has 9 heteroatoms. The first-order chi connectivity index (χ1) is 12.6. The van der Waals surface area contributed by atoms with Gasteiger partial charge in [-0.05, 0) is 25.2 Å². The fourth-order valence-electron chi connectivity index (χ4n) is 2.28. The van der Waals surface area contributed by atoms with E-state index in [-0.39, 0.29) is 5.82 Å². The van der Waals surface area contributed by atoms with E-state index in [1.807, 2.05) is 6.92 Å². The van der Waals surface area contributed by atoms with Crippen molar-refractivity contribution in [2.45, 2.75) is 20.2 Å². The van der Waals surface area contributed by atoms with E-state index in [9.17, 15) is 4.39 Å². The van der Waals surface area contributed by atoms with Crippen LogP contribution in [0.5, 0.6) is 0 Å². The summed E-state index contributed by atoms with van der Waals surface area (Å²) < 4.78 is 22.3. The Morgan fingerprint density at radius 2 is 2.08 bits per heavy atom. The van der Waals surface area contributed by atoms with Crippen LogP contribution in [0.4, 0.5) is 15.9 Å². The van der Waals surface area contributed by atoms with E-state index in [1.54, 1.807) is 52.2 Å². The molecule has 0 saturated carbocycles. The Bertz CT molecular complexity index is 878. The lowest BCUT2D eigenvalue weighted by Gasteiger charge is -2.06. The third-order valence-electron chi connectivity index (χ3n) is 3.49. The molecule has 0 aliphatic carbocycles. The molecule has 0 saturated heterocycles. The molecule has 2 N–H and O–H groups in total. The molecule has 0 bridgehead atoms. The van der Waals surface area contributed by atoms with Gasteiger partial charge in [-0.25, -0.2) is 9.07 Å². The minimum absolute atomic E-state index is 0.251. The van der Waals surface area contributed by atoms with Crippen LogP contribution in [0.3, 0.4) is 0 Å². The van der Waals surface area contributed by atoms with E-state index in [0.29, 0.717) is 36.4 Å². The van der Waals surface area contributed by atoms with Crippen LogP contribution in [-0.2, 0) is 18.0 Å². The molecule has 0 aliphatic heterocycles. The number of thiocarbonyl (C=S) groups is 1. The molecule has 2 aromatic heterocycles. The first-order valence-corrected chi connectivity index (χ1v) is 8.50. The topological polar surface area (TPSA) is 68.9 Å². The molecule has 3 aromatic rings. The van der Waals surface area contributed by atoms with Crippen molar-refractivity contribution in [3.63, 3.8) is 0 Å². The molecule has 26 heavy (non-hydrogen) atoms. The van der Waals surface area contributed by atoms with Crippen LogP contribution < -0.4 is 10.6 Å². The SMILES string of the molecule is CCOCn1cc(NC(=S)Nc2ccn(Cc3ccccc3F)n2)cn1. The minimum Gasteiger partial charge on any atom is -0.360 e. The molecule has 136 valence electrons. The van der Waals surface area contributed by atoms with Crippen molar-refractivity contribution in [1.29, 1.82) is 0 Å². The molecule has 0 amide bonds. The predicted octanol–water partition coefficient (Wildman–Crippen LogP) is 3.07. The summed E-state index contributed by atoms with van der Waals surface area (Å²) in [6.07, 6.45) is 5.21. The van der Waals surface area contributed by atoms with Crippen molar-refractivity contribution in [2.24, 2.45) is 0 Å². The van der Waals surface area contributed by atoms with Gasteiger partial charge in [0.15, 0.2) is 10.9 Å². The molecule has 0 spiro atoms. The molecule has 0 fully saturated rings. The number of rotatable bonds is 7. The third kappa shape index (κ3) is 4.87. The van der Waals surface area contributed by atoms with Gasteiger partial charge in [0.1, 0.15) is 12.5 Å². The maximum atomic E-state index is 13.7. The average molecular weight is 374 g/mol. The van der Waals surface area contributed by atoms with E-state index in [2.05, 4.69) is 20.8 Å². The number of ether oxygens (including phenoxy) is 1. The second-order valence-corrected chi connectivity index (χ2v) is 5.87. The summed E-state index contributed by atoms with van der Waals surface area (Å²) in [5, 5.41) is 14.9. The fourth-order valence-corrected chi connectivity index (χ4v) is 2.50. The molecule has 1 aromatic carbocycles. The van der Waals surface area contributed by atoms with E-state index in [4.69, 9.17) is 17.0 Å². The summed E-state index contributed by atoms with van der Waals surface area (Å²) >= 11 is 5.27. The van der Waals surface area contributed by atoms with Gasteiger partial charge in [0.05, 0.1) is 24.6 Å². The molecule has 7 nitrogen and oxygen atoms in total. The average Bonchev–Trinajstić information content (AvgIpc) is 3.24. The van der Waals surface area contributed by atoms with Crippen molar-refractivity contribution in [3.8, 4) is 0 Å². The second kappa shape index (κ2) is 8.54. The van der Waals surface area contributed by atoms with E-state index >= 15 is 0 Å². The molecule has 3 rings (SSSR count). The van der Waals surface area contributed by atoms with E-state index in [0.717, 1.165) is 5.69 Å². The monoisotopic (exact) mass is 374 g/mol. The second-order valence-electron chi connectivity index (χ2n) is 5.46. The number of hydrogen-bond donors (Lipinski definition) is 2. The van der Waals surface area contributed by atoms with Crippen molar-refractivity contribution in [2.75, 3.05) is 17.2 Å².